The van der Waals surface area contributed by atoms with Crippen molar-refractivity contribution < 1.29 is 80.2 Å². The van der Waals surface area contributed by atoms with Gasteiger partial charge >= 0.3 is 39.5 Å². The van der Waals surface area contributed by atoms with Crippen LogP contribution in [0.4, 0.5) is 0 Å². The Labute approximate surface area is 677 Å². The summed E-state index contributed by atoms with van der Waals surface area (Å²) in [6.45, 7) is 14.5. The average Bonchev–Trinajstić information content (AvgIpc) is 0.894. The number of hydrogen-bond acceptors (Lipinski definition) is 15. The average molecular weight is 1610 g/mol. The molecule has 0 saturated heterocycles. The first-order chi connectivity index (χ1) is 53.2. The third kappa shape index (κ3) is 78.6. The topological polar surface area (TPSA) is 237 Å². The Balaban J connectivity index is 5.26. The molecule has 0 aromatic carbocycles. The van der Waals surface area contributed by atoms with E-state index in [-0.39, 0.29) is 25.7 Å². The maximum atomic E-state index is 13.2. The van der Waals surface area contributed by atoms with Crippen LogP contribution in [-0.4, -0.2) is 96.7 Å². The fourth-order valence-corrected chi connectivity index (χ4v) is 15.7. The van der Waals surface area contributed by atoms with Crippen molar-refractivity contribution in [2.45, 2.75) is 497 Å². The molecule has 9 atom stereocenters. The van der Waals surface area contributed by atoms with E-state index in [2.05, 4.69) is 55.4 Å². The molecule has 0 aliphatic rings. The van der Waals surface area contributed by atoms with Crippen molar-refractivity contribution in [2.24, 2.45) is 23.7 Å². The predicted molar refractivity (Wildman–Crippen MR) is 455 cm³/mol. The molecule has 654 valence electrons. The molecule has 0 saturated carbocycles. The molecule has 0 aromatic rings. The summed E-state index contributed by atoms with van der Waals surface area (Å²) in [5.74, 6) is 1.24. The number of rotatable bonds is 88. The Bertz CT molecular complexity index is 2140. The molecule has 0 rings (SSSR count). The molecule has 0 aliphatic heterocycles. The van der Waals surface area contributed by atoms with Crippen LogP contribution in [0.15, 0.2) is 0 Å². The summed E-state index contributed by atoms with van der Waals surface area (Å²) < 4.78 is 69.1. The van der Waals surface area contributed by atoms with Gasteiger partial charge in [0.25, 0.3) is 0 Å². The van der Waals surface area contributed by atoms with Crippen LogP contribution < -0.4 is 0 Å². The molecule has 3 N–H and O–H groups in total. The Hall–Kier alpha value is -1.94. The molecule has 6 unspecified atom stereocenters. The highest BCUT2D eigenvalue weighted by Crippen LogP contribution is 2.45. The molecule has 0 heterocycles. The summed E-state index contributed by atoms with van der Waals surface area (Å²) >= 11 is 0. The molecule has 0 aliphatic carbocycles. The van der Waals surface area contributed by atoms with Gasteiger partial charge in [-0.2, -0.15) is 0 Å². The number of aliphatic hydroxyl groups is 1. The molecule has 0 aromatic heterocycles. The number of ether oxygens (including phenoxy) is 4. The number of phosphoric ester groups is 2. The van der Waals surface area contributed by atoms with Gasteiger partial charge in [-0.3, -0.25) is 37.3 Å². The van der Waals surface area contributed by atoms with Crippen molar-refractivity contribution >= 4 is 39.5 Å². The normalized spacial score (nSPS) is 14.8. The van der Waals surface area contributed by atoms with E-state index in [9.17, 15) is 43.2 Å². The monoisotopic (exact) mass is 1610 g/mol. The first-order valence-electron chi connectivity index (χ1n) is 46.9. The Kier molecular flexibility index (Phi) is 78.1. The van der Waals surface area contributed by atoms with Gasteiger partial charge in [-0.25, -0.2) is 9.13 Å². The zero-order chi connectivity index (χ0) is 80.9. The highest BCUT2D eigenvalue weighted by Gasteiger charge is 2.31. The largest absolute Gasteiger partial charge is 0.472 e. The van der Waals surface area contributed by atoms with Crippen LogP contribution in [0.2, 0.25) is 0 Å². The van der Waals surface area contributed by atoms with Gasteiger partial charge in [-0.05, 0) is 49.4 Å². The third-order valence-electron chi connectivity index (χ3n) is 22.8. The highest BCUT2D eigenvalue weighted by molar-refractivity contribution is 7.47. The number of unbranched alkanes of at least 4 members (excludes halogenated alkanes) is 50. The Morgan fingerprint density at radius 1 is 0.245 bits per heavy atom. The molecule has 0 radical (unpaired) electrons. The molecular formula is C91H178O17P2. The molecular weight excluding hydrogens is 1430 g/mol. The van der Waals surface area contributed by atoms with E-state index >= 15 is 0 Å². The number of phosphoric acid groups is 2. The molecule has 17 nitrogen and oxygen atoms in total. The van der Waals surface area contributed by atoms with E-state index in [1.807, 2.05) is 0 Å². The van der Waals surface area contributed by atoms with Gasteiger partial charge in [-0.15, -0.1) is 0 Å². The van der Waals surface area contributed by atoms with Crippen LogP contribution in [0.3, 0.4) is 0 Å². The lowest BCUT2D eigenvalue weighted by Gasteiger charge is -2.21. The lowest BCUT2D eigenvalue weighted by atomic mass is 9.99. The van der Waals surface area contributed by atoms with Gasteiger partial charge < -0.3 is 33.8 Å². The predicted octanol–water partition coefficient (Wildman–Crippen LogP) is 27.9. The minimum absolute atomic E-state index is 0.107. The number of carbonyl (C=O) groups is 4. The summed E-state index contributed by atoms with van der Waals surface area (Å²) in [5, 5.41) is 10.7. The van der Waals surface area contributed by atoms with E-state index in [0.29, 0.717) is 25.7 Å². The van der Waals surface area contributed by atoms with Gasteiger partial charge in [0.1, 0.15) is 19.3 Å². The molecule has 0 amide bonds. The van der Waals surface area contributed by atoms with Crippen LogP contribution in [0.25, 0.3) is 0 Å². The lowest BCUT2D eigenvalue weighted by molar-refractivity contribution is -0.161. The fraction of sp³-hybridized carbons (Fsp3) is 0.956. The highest BCUT2D eigenvalue weighted by atomic mass is 31.2. The minimum Gasteiger partial charge on any atom is -0.462 e. The van der Waals surface area contributed by atoms with Gasteiger partial charge in [0.05, 0.1) is 26.4 Å². The van der Waals surface area contributed by atoms with Crippen LogP contribution in [0.5, 0.6) is 0 Å². The quantitative estimate of drug-likeness (QED) is 0.0222. The summed E-state index contributed by atoms with van der Waals surface area (Å²) in [6, 6.07) is 0. The Morgan fingerprint density at radius 3 is 0.600 bits per heavy atom. The SMILES string of the molecule is CCC(C)CCCCCCCCCCCCCCCCCCCCC(=O)O[C@H](COC(=O)CCCCCCCCCCCCCCCCC(C)CC)COP(=O)(O)OC[C@@H](O)COP(=O)(O)OC[C@@H](COC(=O)CCCCCCCCCCC(C)CC)OC(=O)CCCCCCCCCCCCCCCCC(C)CC. The van der Waals surface area contributed by atoms with Crippen molar-refractivity contribution in [1.82, 2.24) is 0 Å². The van der Waals surface area contributed by atoms with Crippen LogP contribution in [-0.2, 0) is 65.4 Å². The molecule has 19 heteroatoms. The van der Waals surface area contributed by atoms with E-state index in [0.717, 1.165) is 114 Å². The maximum absolute atomic E-state index is 13.2. The summed E-state index contributed by atoms with van der Waals surface area (Å²) in [4.78, 5) is 73.4. The van der Waals surface area contributed by atoms with Crippen molar-refractivity contribution in [3.05, 3.63) is 0 Å². The lowest BCUT2D eigenvalue weighted by Crippen LogP contribution is -2.30. The van der Waals surface area contributed by atoms with Gasteiger partial charge in [0, 0.05) is 25.7 Å². The van der Waals surface area contributed by atoms with Gasteiger partial charge in [0.2, 0.25) is 0 Å². The summed E-state index contributed by atoms with van der Waals surface area (Å²) in [7, 11) is -9.94. The van der Waals surface area contributed by atoms with Crippen LogP contribution in [0.1, 0.15) is 479 Å². The zero-order valence-electron chi connectivity index (χ0n) is 72.9. The van der Waals surface area contributed by atoms with Crippen molar-refractivity contribution in [3.63, 3.8) is 0 Å². The third-order valence-corrected chi connectivity index (χ3v) is 24.7. The van der Waals surface area contributed by atoms with E-state index in [4.69, 9.17) is 37.0 Å². The number of carbonyl (C=O) groups excluding carboxylic acids is 4. The van der Waals surface area contributed by atoms with Crippen molar-refractivity contribution in [1.29, 1.82) is 0 Å². The molecule has 0 bridgehead atoms. The van der Waals surface area contributed by atoms with Gasteiger partial charge in [-0.1, -0.05) is 428 Å². The second-order valence-corrected chi connectivity index (χ2v) is 36.6. The van der Waals surface area contributed by atoms with Crippen molar-refractivity contribution in [2.75, 3.05) is 39.6 Å². The smallest absolute Gasteiger partial charge is 0.462 e. The molecule has 110 heavy (non-hydrogen) atoms. The number of aliphatic hydroxyl groups excluding tert-OH is 1. The van der Waals surface area contributed by atoms with E-state index in [1.165, 1.54) is 283 Å². The first kappa shape index (κ1) is 108. The summed E-state index contributed by atoms with van der Waals surface area (Å²) in [5.41, 5.74) is 0. The minimum atomic E-state index is -4.97. The van der Waals surface area contributed by atoms with Crippen LogP contribution in [0, 0.1) is 23.7 Å². The zero-order valence-corrected chi connectivity index (χ0v) is 74.7. The number of hydrogen-bond donors (Lipinski definition) is 3. The van der Waals surface area contributed by atoms with Crippen LogP contribution >= 0.6 is 15.6 Å². The van der Waals surface area contributed by atoms with Crippen molar-refractivity contribution in [3.8, 4) is 0 Å². The molecule has 0 fully saturated rings. The second kappa shape index (κ2) is 79.5. The first-order valence-corrected chi connectivity index (χ1v) is 49.8. The fourth-order valence-electron chi connectivity index (χ4n) is 14.1. The van der Waals surface area contributed by atoms with E-state index in [1.54, 1.807) is 0 Å². The second-order valence-electron chi connectivity index (χ2n) is 33.7. The van der Waals surface area contributed by atoms with E-state index < -0.39 is 97.5 Å². The number of esters is 4. The summed E-state index contributed by atoms with van der Waals surface area (Å²) in [6.07, 6.45) is 70.6. The van der Waals surface area contributed by atoms with Gasteiger partial charge in [0.15, 0.2) is 12.2 Å². The molecule has 0 spiro atoms. The maximum Gasteiger partial charge on any atom is 0.472 e. The standard InChI is InChI=1S/C91H178O17P2/c1-9-81(5)67-59-51-43-35-29-23-17-15-13-14-16-18-27-33-39-49-57-65-73-90(95)107-86(77-101-88(93)71-63-55-47-38-32-26-21-19-24-30-36-44-52-60-68-82(6)10-2)79-105-109(97,98)103-75-85(92)76-104-110(99,100)106-80-87(78-102-89(94)72-64-56-48-42-41-46-54-62-70-84(8)12-4)108-91(96)74-66-58-50-40-34-28-22-20-25-31-37-45-53-61-69-83(7)11-3/h81-87,92H,9-80H2,1-8H3,(H,97,98)(H,99,100)/t81?,82?,83?,84?,85-,86-,87-/m1/s1. The Morgan fingerprint density at radius 2 is 0.409 bits per heavy atom.